The van der Waals surface area contributed by atoms with E-state index in [4.69, 9.17) is 0 Å². The van der Waals surface area contributed by atoms with Gasteiger partial charge >= 0.3 is 0 Å². The van der Waals surface area contributed by atoms with Crippen LogP contribution >= 0.6 is 0 Å². The zero-order valence-corrected chi connectivity index (χ0v) is 24.4. The molecule has 4 aromatic carbocycles. The van der Waals surface area contributed by atoms with Crippen LogP contribution in [0.15, 0.2) is 72.8 Å². The monoisotopic (exact) mass is 510 g/mol. The van der Waals surface area contributed by atoms with E-state index in [0.29, 0.717) is 5.41 Å². The summed E-state index contributed by atoms with van der Waals surface area (Å²) in [5.74, 6) is 2.88. The van der Waals surface area contributed by atoms with Gasteiger partial charge in [-0.2, -0.15) is 0 Å². The zero-order chi connectivity index (χ0) is 26.7. The summed E-state index contributed by atoms with van der Waals surface area (Å²) in [6.07, 6.45) is 8.74. The Kier molecular flexibility index (Phi) is 4.84. The molecule has 0 heterocycles. The molecule has 39 heavy (non-hydrogen) atoms. The lowest BCUT2D eigenvalue weighted by Crippen LogP contribution is -2.48. The second-order valence-electron chi connectivity index (χ2n) is 15.3. The number of hydrogen-bond acceptors (Lipinski definition) is 0. The fourth-order valence-corrected chi connectivity index (χ4v) is 9.90. The lowest BCUT2D eigenvalue weighted by Gasteiger charge is -2.57. The Hall–Kier alpha value is -2.86. The minimum absolute atomic E-state index is 0.00310. The maximum Gasteiger partial charge on any atom is 0.0159 e. The highest BCUT2D eigenvalue weighted by atomic mass is 14.6. The van der Waals surface area contributed by atoms with Crippen LogP contribution in [0.3, 0.4) is 0 Å². The zero-order valence-electron chi connectivity index (χ0n) is 24.4. The Balaban J connectivity index is 1.40. The van der Waals surface area contributed by atoms with Crippen LogP contribution in [0.1, 0.15) is 95.4 Å². The van der Waals surface area contributed by atoms with Gasteiger partial charge in [0.2, 0.25) is 0 Å². The highest BCUT2D eigenvalue weighted by molar-refractivity contribution is 6.04. The Morgan fingerprint density at radius 1 is 0.590 bits per heavy atom. The van der Waals surface area contributed by atoms with Crippen molar-refractivity contribution in [3.63, 3.8) is 0 Å². The van der Waals surface area contributed by atoms with E-state index in [9.17, 15) is 0 Å². The first-order valence-corrected chi connectivity index (χ1v) is 15.5. The van der Waals surface area contributed by atoms with Gasteiger partial charge in [-0.15, -0.1) is 0 Å². The van der Waals surface area contributed by atoms with Crippen LogP contribution in [0.2, 0.25) is 0 Å². The number of benzene rings is 4. The van der Waals surface area contributed by atoms with Crippen LogP contribution in [0.25, 0.3) is 33.0 Å². The van der Waals surface area contributed by atoms with Gasteiger partial charge in [-0.3, -0.25) is 0 Å². The van der Waals surface area contributed by atoms with Gasteiger partial charge < -0.3 is 0 Å². The largest absolute Gasteiger partial charge is 0.0619 e. The van der Waals surface area contributed by atoms with Gasteiger partial charge in [0.05, 0.1) is 0 Å². The van der Waals surface area contributed by atoms with E-state index in [1.54, 1.807) is 5.56 Å². The molecule has 9 rings (SSSR count). The molecule has 0 nitrogen and oxygen atoms in total. The van der Waals surface area contributed by atoms with E-state index in [0.717, 1.165) is 17.8 Å². The van der Waals surface area contributed by atoms with Gasteiger partial charge in [-0.05, 0) is 128 Å². The molecule has 4 saturated carbocycles. The van der Waals surface area contributed by atoms with Crippen molar-refractivity contribution in [2.24, 2.45) is 17.8 Å². The molecule has 0 amide bonds. The first-order valence-electron chi connectivity index (χ1n) is 15.5. The quantitative estimate of drug-likeness (QED) is 0.251. The lowest BCUT2D eigenvalue weighted by atomic mass is 9.47. The predicted octanol–water partition coefficient (Wildman–Crippen LogP) is 10.6. The average molecular weight is 511 g/mol. The van der Waals surface area contributed by atoms with E-state index in [1.807, 2.05) is 0 Å². The first kappa shape index (κ1) is 24.0. The summed E-state index contributed by atoms with van der Waals surface area (Å²) >= 11 is 0. The van der Waals surface area contributed by atoms with Gasteiger partial charge in [0.25, 0.3) is 0 Å². The molecule has 0 aromatic heterocycles. The first-order chi connectivity index (χ1) is 18.6. The molecule has 4 aromatic rings. The Morgan fingerprint density at radius 2 is 1.21 bits per heavy atom. The molecular weight excluding hydrogens is 468 g/mol. The molecule has 0 saturated heterocycles. The summed E-state index contributed by atoms with van der Waals surface area (Å²) in [6.45, 7) is 11.9. The molecular formula is C39H42. The summed E-state index contributed by atoms with van der Waals surface area (Å²) in [6, 6.07) is 28.7. The second kappa shape index (κ2) is 7.87. The third kappa shape index (κ3) is 3.36. The molecule has 0 N–H and O–H groups in total. The highest BCUT2D eigenvalue weighted by Gasteiger charge is 2.52. The molecule has 198 valence electrons. The smallest absolute Gasteiger partial charge is 0.0159 e. The molecule has 0 spiro atoms. The van der Waals surface area contributed by atoms with Gasteiger partial charge in [0.15, 0.2) is 0 Å². The summed E-state index contributed by atoms with van der Waals surface area (Å²) < 4.78 is 0. The molecule has 0 radical (unpaired) electrons. The Morgan fingerprint density at radius 3 is 1.87 bits per heavy atom. The molecule has 5 aliphatic rings. The Bertz CT molecular complexity index is 1600. The van der Waals surface area contributed by atoms with Crippen molar-refractivity contribution in [1.29, 1.82) is 0 Å². The average Bonchev–Trinajstić information content (AvgIpc) is 3.13. The summed E-state index contributed by atoms with van der Waals surface area (Å²) in [5, 5.41) is 2.96. The van der Waals surface area contributed by atoms with Crippen LogP contribution in [0.4, 0.5) is 0 Å². The lowest BCUT2D eigenvalue weighted by molar-refractivity contribution is -0.00449. The van der Waals surface area contributed by atoms with Crippen molar-refractivity contribution < 1.29 is 0 Å². The van der Waals surface area contributed by atoms with Crippen LogP contribution in [0.5, 0.6) is 0 Å². The van der Waals surface area contributed by atoms with Gasteiger partial charge in [-0.1, -0.05) is 101 Å². The SMILES string of the molecule is CC(C)(C)c1cc(-c2ccc(C34CC5CC(CC(C5)C3)C4)c3ccccc23)c2c(c1)C(C)(C)c1ccccc1-2. The van der Waals surface area contributed by atoms with Crippen molar-refractivity contribution >= 4 is 10.8 Å². The van der Waals surface area contributed by atoms with E-state index in [1.165, 1.54) is 88.2 Å². The number of rotatable bonds is 2. The predicted molar refractivity (Wildman–Crippen MR) is 165 cm³/mol. The van der Waals surface area contributed by atoms with Crippen molar-refractivity contribution in [2.45, 2.75) is 89.4 Å². The molecule has 0 aliphatic heterocycles. The minimum atomic E-state index is -0.00310. The maximum atomic E-state index is 2.58. The summed E-state index contributed by atoms with van der Waals surface area (Å²) in [5.41, 5.74) is 12.2. The number of fused-ring (bicyclic) bond motifs is 4. The van der Waals surface area contributed by atoms with Crippen LogP contribution in [0, 0.1) is 17.8 Å². The fraction of sp³-hybridized carbons (Fsp3) is 0.436. The van der Waals surface area contributed by atoms with Crippen molar-refractivity contribution in [3.8, 4) is 22.3 Å². The van der Waals surface area contributed by atoms with Crippen molar-refractivity contribution in [3.05, 3.63) is 95.1 Å². The molecule has 0 unspecified atom stereocenters. The van der Waals surface area contributed by atoms with E-state index in [2.05, 4.69) is 107 Å². The van der Waals surface area contributed by atoms with Gasteiger partial charge in [0, 0.05) is 5.41 Å². The molecule has 0 atom stereocenters. The topological polar surface area (TPSA) is 0 Å². The highest BCUT2D eigenvalue weighted by Crippen LogP contribution is 2.62. The third-order valence-electron chi connectivity index (χ3n) is 11.4. The summed E-state index contributed by atoms with van der Waals surface area (Å²) in [4.78, 5) is 0. The minimum Gasteiger partial charge on any atom is -0.0619 e. The third-order valence-corrected chi connectivity index (χ3v) is 11.4. The van der Waals surface area contributed by atoms with E-state index in [-0.39, 0.29) is 10.8 Å². The van der Waals surface area contributed by atoms with Gasteiger partial charge in [0.1, 0.15) is 0 Å². The van der Waals surface area contributed by atoms with E-state index < -0.39 is 0 Å². The molecule has 0 heteroatoms. The maximum absolute atomic E-state index is 2.58. The van der Waals surface area contributed by atoms with Crippen LogP contribution in [-0.4, -0.2) is 0 Å². The normalized spacial score (nSPS) is 28.1. The summed E-state index contributed by atoms with van der Waals surface area (Å²) in [7, 11) is 0. The van der Waals surface area contributed by atoms with Gasteiger partial charge in [-0.25, -0.2) is 0 Å². The molecule has 4 bridgehead atoms. The molecule has 5 aliphatic carbocycles. The standard InChI is InChI=1S/C39H42/c1-37(2,3)27-19-32(36-31-12-8-9-13-33(31)38(4,5)35(36)20-27)29-14-15-34(30-11-7-6-10-28(29)30)39-21-24-16-25(22-39)18-26(17-24)23-39/h6-15,19-20,24-26H,16-18,21-23H2,1-5H3. The molecule has 4 fully saturated rings. The van der Waals surface area contributed by atoms with Crippen molar-refractivity contribution in [2.75, 3.05) is 0 Å². The van der Waals surface area contributed by atoms with Crippen LogP contribution < -0.4 is 0 Å². The fourth-order valence-electron chi connectivity index (χ4n) is 9.90. The van der Waals surface area contributed by atoms with Crippen molar-refractivity contribution in [1.82, 2.24) is 0 Å². The Labute approximate surface area is 234 Å². The van der Waals surface area contributed by atoms with Crippen LogP contribution in [-0.2, 0) is 16.2 Å². The second-order valence-corrected chi connectivity index (χ2v) is 15.3. The number of hydrogen-bond donors (Lipinski definition) is 0. The van der Waals surface area contributed by atoms with E-state index >= 15 is 0 Å².